The van der Waals surface area contributed by atoms with Crippen molar-refractivity contribution in [1.29, 1.82) is 0 Å². The number of carbonyl (C=O) groups excluding carboxylic acids is 2. The molecule has 1 aliphatic heterocycles. The summed E-state index contributed by atoms with van der Waals surface area (Å²) < 4.78 is 12.2. The van der Waals surface area contributed by atoms with Gasteiger partial charge in [-0.3, -0.25) is 14.5 Å². The summed E-state index contributed by atoms with van der Waals surface area (Å²) in [5.41, 5.74) is 2.08. The van der Waals surface area contributed by atoms with E-state index in [0.717, 1.165) is 47.9 Å². The third kappa shape index (κ3) is 7.52. The molecule has 1 fully saturated rings. The Hall–Kier alpha value is -3.50. The van der Waals surface area contributed by atoms with Crippen LogP contribution >= 0.6 is 15.9 Å². The van der Waals surface area contributed by atoms with Crippen LogP contribution in [0.5, 0.6) is 5.75 Å². The minimum absolute atomic E-state index is 0.168. The van der Waals surface area contributed by atoms with Crippen molar-refractivity contribution in [3.05, 3.63) is 59.9 Å². The minimum Gasteiger partial charge on any atom is -0.491 e. The number of halogens is 1. The average molecular weight is 582 g/mol. The Bertz CT molecular complexity index is 1290. The summed E-state index contributed by atoms with van der Waals surface area (Å²) in [4.78, 5) is 34.9. The zero-order valence-electron chi connectivity index (χ0n) is 21.4. The van der Waals surface area contributed by atoms with E-state index in [1.807, 2.05) is 43.3 Å². The number of benzene rings is 2. The summed E-state index contributed by atoms with van der Waals surface area (Å²) in [5, 5.41) is 6.92. The van der Waals surface area contributed by atoms with Crippen molar-refractivity contribution in [3.63, 3.8) is 0 Å². The van der Waals surface area contributed by atoms with Crippen LogP contribution in [-0.4, -0.2) is 59.6 Å². The van der Waals surface area contributed by atoms with Gasteiger partial charge in [0.1, 0.15) is 17.9 Å². The number of piperidine rings is 1. The van der Waals surface area contributed by atoms with Crippen LogP contribution in [0.3, 0.4) is 0 Å². The fourth-order valence-corrected chi connectivity index (χ4v) is 4.84. The van der Waals surface area contributed by atoms with Crippen LogP contribution in [0.1, 0.15) is 26.2 Å². The van der Waals surface area contributed by atoms with Crippen LogP contribution in [0.25, 0.3) is 10.9 Å². The lowest BCUT2D eigenvalue weighted by Crippen LogP contribution is -2.38. The number of rotatable bonds is 11. The molecule has 4 rings (SSSR count). The number of hydrogen-bond acceptors (Lipinski definition) is 8. The SMILES string of the molecule is C=CC(=O)Nc1cc2c(Nc3cccc(Br)c3)ncnc2cc1OCCC1CCN(CC(=O)OCC)CC1. The second-order valence-electron chi connectivity index (χ2n) is 9.08. The van der Waals surface area contributed by atoms with Gasteiger partial charge in [0.25, 0.3) is 0 Å². The van der Waals surface area contributed by atoms with Crippen LogP contribution < -0.4 is 15.4 Å². The van der Waals surface area contributed by atoms with E-state index in [1.54, 1.807) is 0 Å². The van der Waals surface area contributed by atoms with Crippen molar-refractivity contribution in [2.24, 2.45) is 5.92 Å². The molecule has 2 heterocycles. The summed E-state index contributed by atoms with van der Waals surface area (Å²) in [7, 11) is 0. The predicted molar refractivity (Wildman–Crippen MR) is 152 cm³/mol. The van der Waals surface area contributed by atoms with Gasteiger partial charge in [-0.2, -0.15) is 0 Å². The third-order valence-corrected chi connectivity index (χ3v) is 6.91. The number of aromatic nitrogens is 2. The standard InChI is InChI=1S/C28H32BrN5O4/c1-3-26(35)33-24-15-22-23(30-18-31-28(22)32-21-7-5-6-20(29)14-21)16-25(24)38-13-10-19-8-11-34(12-9-19)17-27(36)37-4-2/h3,5-7,14-16,18-19H,1,4,8-13,17H2,2H3,(H,33,35)(H,30,31,32). The van der Waals surface area contributed by atoms with E-state index < -0.39 is 0 Å². The maximum atomic E-state index is 12.2. The molecule has 1 amide bonds. The number of anilines is 3. The van der Waals surface area contributed by atoms with Crippen LogP contribution in [0, 0.1) is 5.92 Å². The minimum atomic E-state index is -0.332. The zero-order chi connectivity index (χ0) is 26.9. The Morgan fingerprint density at radius 3 is 2.76 bits per heavy atom. The van der Waals surface area contributed by atoms with E-state index >= 15 is 0 Å². The van der Waals surface area contributed by atoms with Gasteiger partial charge in [0.05, 0.1) is 31.0 Å². The van der Waals surface area contributed by atoms with Gasteiger partial charge in [-0.05, 0) is 75.5 Å². The summed E-state index contributed by atoms with van der Waals surface area (Å²) in [6.07, 6.45) is 5.59. The largest absolute Gasteiger partial charge is 0.491 e. The molecule has 10 heteroatoms. The number of fused-ring (bicyclic) bond motifs is 1. The van der Waals surface area contributed by atoms with Gasteiger partial charge in [-0.1, -0.05) is 28.6 Å². The Labute approximate surface area is 230 Å². The molecule has 0 aliphatic carbocycles. The van der Waals surface area contributed by atoms with Crippen LogP contribution in [-0.2, 0) is 14.3 Å². The van der Waals surface area contributed by atoms with E-state index in [0.29, 0.717) is 48.4 Å². The highest BCUT2D eigenvalue weighted by Gasteiger charge is 2.21. The molecule has 0 bridgehead atoms. The molecule has 200 valence electrons. The number of carbonyl (C=O) groups is 2. The Morgan fingerprint density at radius 2 is 2.03 bits per heavy atom. The highest BCUT2D eigenvalue weighted by atomic mass is 79.9. The molecule has 1 aromatic heterocycles. The van der Waals surface area contributed by atoms with Crippen molar-refractivity contribution in [1.82, 2.24) is 14.9 Å². The molecule has 2 N–H and O–H groups in total. The number of nitrogens with one attached hydrogen (secondary N) is 2. The van der Waals surface area contributed by atoms with Gasteiger partial charge in [0.15, 0.2) is 0 Å². The second kappa shape index (κ2) is 13.3. The van der Waals surface area contributed by atoms with E-state index in [4.69, 9.17) is 9.47 Å². The van der Waals surface area contributed by atoms with Crippen LogP contribution in [0.4, 0.5) is 17.2 Å². The van der Waals surface area contributed by atoms with E-state index in [1.165, 1.54) is 12.4 Å². The van der Waals surface area contributed by atoms with Gasteiger partial charge < -0.3 is 20.1 Å². The Balaban J connectivity index is 1.44. The van der Waals surface area contributed by atoms with Crippen molar-refractivity contribution in [3.8, 4) is 5.75 Å². The Kier molecular flexibility index (Phi) is 9.67. The van der Waals surface area contributed by atoms with Crippen molar-refractivity contribution >= 4 is 55.9 Å². The smallest absolute Gasteiger partial charge is 0.320 e. The summed E-state index contributed by atoms with van der Waals surface area (Å²) in [6, 6.07) is 11.4. The van der Waals surface area contributed by atoms with Crippen molar-refractivity contribution in [2.75, 3.05) is 43.5 Å². The first-order valence-corrected chi connectivity index (χ1v) is 13.5. The van der Waals surface area contributed by atoms with E-state index in [2.05, 4.69) is 48.0 Å². The summed E-state index contributed by atoms with van der Waals surface area (Å²) in [6.45, 7) is 8.37. The first kappa shape index (κ1) is 27.5. The lowest BCUT2D eigenvalue weighted by Gasteiger charge is -2.31. The molecule has 1 aliphatic rings. The molecule has 0 spiro atoms. The lowest BCUT2D eigenvalue weighted by molar-refractivity contribution is -0.144. The number of esters is 1. The molecule has 2 aromatic carbocycles. The van der Waals surface area contributed by atoms with Crippen LogP contribution in [0.2, 0.25) is 0 Å². The number of amides is 1. The molecule has 9 nitrogen and oxygen atoms in total. The highest BCUT2D eigenvalue weighted by molar-refractivity contribution is 9.10. The average Bonchev–Trinajstić information content (AvgIpc) is 2.90. The van der Waals surface area contributed by atoms with E-state index in [-0.39, 0.29) is 11.9 Å². The highest BCUT2D eigenvalue weighted by Crippen LogP contribution is 2.34. The van der Waals surface area contributed by atoms with Gasteiger partial charge in [0.2, 0.25) is 5.91 Å². The normalized spacial score (nSPS) is 14.2. The number of likely N-dealkylation sites (tertiary alicyclic amines) is 1. The van der Waals surface area contributed by atoms with Gasteiger partial charge in [-0.15, -0.1) is 0 Å². The predicted octanol–water partition coefficient (Wildman–Crippen LogP) is 5.30. The molecule has 38 heavy (non-hydrogen) atoms. The number of hydrogen-bond donors (Lipinski definition) is 2. The molecule has 0 atom stereocenters. The molecular formula is C28H32BrN5O4. The van der Waals surface area contributed by atoms with Crippen molar-refractivity contribution in [2.45, 2.75) is 26.2 Å². The summed E-state index contributed by atoms with van der Waals surface area (Å²) >= 11 is 3.48. The molecule has 0 unspecified atom stereocenters. The quantitative estimate of drug-likeness (QED) is 0.232. The second-order valence-corrected chi connectivity index (χ2v) is 9.99. The van der Waals surface area contributed by atoms with Gasteiger partial charge >= 0.3 is 5.97 Å². The first-order valence-electron chi connectivity index (χ1n) is 12.7. The molecule has 0 saturated carbocycles. The topological polar surface area (TPSA) is 106 Å². The number of ether oxygens (including phenoxy) is 2. The molecule has 0 radical (unpaired) electrons. The Morgan fingerprint density at radius 1 is 1.21 bits per heavy atom. The zero-order valence-corrected chi connectivity index (χ0v) is 23.0. The molecule has 1 saturated heterocycles. The van der Waals surface area contributed by atoms with Gasteiger partial charge in [0, 0.05) is 21.6 Å². The fraction of sp³-hybridized carbons (Fsp3) is 0.357. The molecule has 3 aromatic rings. The monoisotopic (exact) mass is 581 g/mol. The number of nitrogens with zero attached hydrogens (tertiary/aromatic N) is 3. The molecular weight excluding hydrogens is 550 g/mol. The third-order valence-electron chi connectivity index (χ3n) is 6.42. The van der Waals surface area contributed by atoms with E-state index in [9.17, 15) is 9.59 Å². The van der Waals surface area contributed by atoms with Gasteiger partial charge in [-0.25, -0.2) is 9.97 Å². The fourth-order valence-electron chi connectivity index (χ4n) is 4.45. The maximum absolute atomic E-state index is 12.2. The first-order chi connectivity index (χ1) is 18.4. The van der Waals surface area contributed by atoms with Crippen molar-refractivity contribution < 1.29 is 19.1 Å². The lowest BCUT2D eigenvalue weighted by atomic mass is 9.94. The summed E-state index contributed by atoms with van der Waals surface area (Å²) in [5.74, 6) is 1.16. The maximum Gasteiger partial charge on any atom is 0.320 e. The van der Waals surface area contributed by atoms with Crippen LogP contribution in [0.15, 0.2) is 59.9 Å².